The lowest BCUT2D eigenvalue weighted by molar-refractivity contribution is -0.116. The van der Waals surface area contributed by atoms with E-state index in [4.69, 9.17) is 4.74 Å². The zero-order valence-electron chi connectivity index (χ0n) is 11.0. The monoisotopic (exact) mass is 246 g/mol. The van der Waals surface area contributed by atoms with Crippen LogP contribution in [0.3, 0.4) is 0 Å². The van der Waals surface area contributed by atoms with E-state index in [1.54, 1.807) is 18.9 Å². The van der Waals surface area contributed by atoms with Gasteiger partial charge in [0, 0.05) is 31.8 Å². The number of hydrogen-bond acceptors (Lipinski definition) is 3. The van der Waals surface area contributed by atoms with E-state index < -0.39 is 0 Å². The lowest BCUT2D eigenvalue weighted by Gasteiger charge is -2.17. The minimum Gasteiger partial charge on any atom is -0.476 e. The first kappa shape index (κ1) is 12.5. The van der Waals surface area contributed by atoms with Crippen molar-refractivity contribution in [1.82, 2.24) is 0 Å². The van der Waals surface area contributed by atoms with Crippen molar-refractivity contribution in [3.05, 3.63) is 36.2 Å². The standard InChI is InChI=1S/C14H18N2O2/c1-9-7-12-8-13(16(4)11(3)17)5-6-14(12)15-10(2)18-9/h5-6,8-9,15H,2,7H2,1,3-4H3. The maximum absolute atomic E-state index is 11.4. The van der Waals surface area contributed by atoms with Crippen molar-refractivity contribution in [2.45, 2.75) is 26.4 Å². The molecule has 1 atom stereocenters. The number of fused-ring (bicyclic) bond motifs is 1. The molecule has 0 radical (unpaired) electrons. The number of carbonyl (C=O) groups is 1. The summed E-state index contributed by atoms with van der Waals surface area (Å²) in [6, 6.07) is 5.88. The molecule has 1 aliphatic heterocycles. The molecule has 0 bridgehead atoms. The van der Waals surface area contributed by atoms with Crippen molar-refractivity contribution in [2.75, 3.05) is 17.3 Å². The summed E-state index contributed by atoms with van der Waals surface area (Å²) in [5.74, 6) is 0.583. The molecule has 1 aliphatic rings. The van der Waals surface area contributed by atoms with Gasteiger partial charge in [0.15, 0.2) is 5.88 Å². The van der Waals surface area contributed by atoms with Crippen molar-refractivity contribution < 1.29 is 9.53 Å². The Kier molecular flexibility index (Phi) is 3.28. The van der Waals surface area contributed by atoms with Gasteiger partial charge in [-0.25, -0.2) is 0 Å². The van der Waals surface area contributed by atoms with Crippen LogP contribution in [0.1, 0.15) is 19.4 Å². The minimum atomic E-state index is 0.0187. The van der Waals surface area contributed by atoms with E-state index in [-0.39, 0.29) is 12.0 Å². The molecule has 0 aliphatic carbocycles. The smallest absolute Gasteiger partial charge is 0.223 e. The molecule has 0 aromatic heterocycles. The molecule has 4 heteroatoms. The average molecular weight is 246 g/mol. The van der Waals surface area contributed by atoms with Crippen molar-refractivity contribution in [1.29, 1.82) is 0 Å². The van der Waals surface area contributed by atoms with E-state index in [2.05, 4.69) is 11.9 Å². The van der Waals surface area contributed by atoms with Crippen LogP contribution in [0.2, 0.25) is 0 Å². The molecule has 0 spiro atoms. The van der Waals surface area contributed by atoms with Crippen LogP contribution in [0.25, 0.3) is 0 Å². The number of ether oxygens (including phenoxy) is 1. The molecule has 1 N–H and O–H groups in total. The Hall–Kier alpha value is -1.97. The van der Waals surface area contributed by atoms with Gasteiger partial charge in [0.05, 0.1) is 0 Å². The van der Waals surface area contributed by atoms with Crippen LogP contribution in [0.5, 0.6) is 0 Å². The summed E-state index contributed by atoms with van der Waals surface area (Å²) in [6.07, 6.45) is 0.866. The Bertz CT molecular complexity index is 497. The molecule has 18 heavy (non-hydrogen) atoms. The molecule has 4 nitrogen and oxygen atoms in total. The fraction of sp³-hybridized carbons (Fsp3) is 0.357. The molecule has 0 saturated carbocycles. The molecule has 1 amide bonds. The van der Waals surface area contributed by atoms with Gasteiger partial charge in [0.1, 0.15) is 6.10 Å². The Labute approximate surface area is 107 Å². The maximum Gasteiger partial charge on any atom is 0.223 e. The lowest BCUT2D eigenvalue weighted by atomic mass is 10.1. The quantitative estimate of drug-likeness (QED) is 0.827. The summed E-state index contributed by atoms with van der Waals surface area (Å²) in [6.45, 7) is 7.37. The van der Waals surface area contributed by atoms with Gasteiger partial charge >= 0.3 is 0 Å². The first-order valence-electron chi connectivity index (χ1n) is 5.97. The molecule has 96 valence electrons. The second-order valence-corrected chi connectivity index (χ2v) is 4.60. The summed E-state index contributed by atoms with van der Waals surface area (Å²) in [4.78, 5) is 13.0. The highest BCUT2D eigenvalue weighted by Crippen LogP contribution is 2.28. The van der Waals surface area contributed by atoms with Crippen molar-refractivity contribution in [3.63, 3.8) is 0 Å². The summed E-state index contributed by atoms with van der Waals surface area (Å²) in [7, 11) is 1.77. The van der Waals surface area contributed by atoms with Crippen molar-refractivity contribution in [3.8, 4) is 0 Å². The number of nitrogens with zero attached hydrogens (tertiary/aromatic N) is 1. The van der Waals surface area contributed by atoms with E-state index >= 15 is 0 Å². The highest BCUT2D eigenvalue weighted by Gasteiger charge is 2.17. The third-order valence-corrected chi connectivity index (χ3v) is 3.07. The van der Waals surface area contributed by atoms with Crippen LogP contribution in [-0.4, -0.2) is 19.1 Å². The second kappa shape index (κ2) is 4.72. The minimum absolute atomic E-state index is 0.0187. The van der Waals surface area contributed by atoms with Crippen LogP contribution >= 0.6 is 0 Å². The van der Waals surface area contributed by atoms with Crippen LogP contribution in [0, 0.1) is 0 Å². The molecule has 1 aromatic carbocycles. The summed E-state index contributed by atoms with van der Waals surface area (Å²) in [5.41, 5.74) is 3.01. The van der Waals surface area contributed by atoms with Gasteiger partial charge in [0.25, 0.3) is 0 Å². The summed E-state index contributed by atoms with van der Waals surface area (Å²) >= 11 is 0. The van der Waals surface area contributed by atoms with E-state index in [1.165, 1.54) is 0 Å². The average Bonchev–Trinajstić information content (AvgIpc) is 2.43. The zero-order chi connectivity index (χ0) is 13.3. The van der Waals surface area contributed by atoms with Crippen LogP contribution in [-0.2, 0) is 16.0 Å². The normalized spacial score (nSPS) is 18.2. The van der Waals surface area contributed by atoms with Crippen molar-refractivity contribution >= 4 is 17.3 Å². The highest BCUT2D eigenvalue weighted by atomic mass is 16.5. The number of amides is 1. The zero-order valence-corrected chi connectivity index (χ0v) is 11.0. The summed E-state index contributed by atoms with van der Waals surface area (Å²) in [5, 5.41) is 3.13. The van der Waals surface area contributed by atoms with Gasteiger partial charge in [-0.2, -0.15) is 0 Å². The number of hydrogen-bond donors (Lipinski definition) is 1. The number of carbonyl (C=O) groups excluding carboxylic acids is 1. The van der Waals surface area contributed by atoms with E-state index in [9.17, 15) is 4.79 Å². The topological polar surface area (TPSA) is 41.6 Å². The van der Waals surface area contributed by atoms with Gasteiger partial charge in [-0.05, 0) is 37.3 Å². The first-order chi connectivity index (χ1) is 8.47. The second-order valence-electron chi connectivity index (χ2n) is 4.60. The van der Waals surface area contributed by atoms with E-state index in [0.29, 0.717) is 5.88 Å². The fourth-order valence-corrected chi connectivity index (χ4v) is 2.04. The Morgan fingerprint density at radius 2 is 2.28 bits per heavy atom. The molecule has 2 rings (SSSR count). The van der Waals surface area contributed by atoms with Gasteiger partial charge in [-0.15, -0.1) is 0 Å². The Balaban J connectivity index is 2.36. The largest absolute Gasteiger partial charge is 0.476 e. The number of nitrogens with one attached hydrogen (secondary N) is 1. The van der Waals surface area contributed by atoms with Gasteiger partial charge in [0.2, 0.25) is 5.91 Å². The maximum atomic E-state index is 11.4. The molecule has 0 fully saturated rings. The Morgan fingerprint density at radius 3 is 2.94 bits per heavy atom. The first-order valence-corrected chi connectivity index (χ1v) is 5.97. The highest BCUT2D eigenvalue weighted by molar-refractivity contribution is 5.91. The predicted molar refractivity (Wildman–Crippen MR) is 72.5 cm³/mol. The summed E-state index contributed by atoms with van der Waals surface area (Å²) < 4.78 is 5.56. The van der Waals surface area contributed by atoms with Crippen LogP contribution in [0.15, 0.2) is 30.7 Å². The SMILES string of the molecule is C=C1Nc2ccc(N(C)C(C)=O)cc2CC(C)O1. The number of anilines is 2. The number of benzene rings is 1. The van der Waals surface area contributed by atoms with E-state index in [0.717, 1.165) is 23.4 Å². The third-order valence-electron chi connectivity index (χ3n) is 3.07. The third kappa shape index (κ3) is 2.47. The molecule has 1 unspecified atom stereocenters. The van der Waals surface area contributed by atoms with E-state index in [1.807, 2.05) is 25.1 Å². The molecular weight excluding hydrogens is 228 g/mol. The predicted octanol–water partition coefficient (Wildman–Crippen LogP) is 2.51. The van der Waals surface area contributed by atoms with Gasteiger partial charge < -0.3 is 15.0 Å². The molecular formula is C14H18N2O2. The fourth-order valence-electron chi connectivity index (χ4n) is 2.04. The van der Waals surface area contributed by atoms with Gasteiger partial charge in [-0.3, -0.25) is 4.79 Å². The van der Waals surface area contributed by atoms with Crippen molar-refractivity contribution in [2.24, 2.45) is 0 Å². The molecule has 1 aromatic rings. The van der Waals surface area contributed by atoms with Crippen LogP contribution < -0.4 is 10.2 Å². The molecule has 1 heterocycles. The number of rotatable bonds is 1. The van der Waals surface area contributed by atoms with Gasteiger partial charge in [-0.1, -0.05) is 0 Å². The Morgan fingerprint density at radius 1 is 1.56 bits per heavy atom. The van der Waals surface area contributed by atoms with Crippen LogP contribution in [0.4, 0.5) is 11.4 Å². The lowest BCUT2D eigenvalue weighted by Crippen LogP contribution is -2.23. The molecule has 0 saturated heterocycles.